The summed E-state index contributed by atoms with van der Waals surface area (Å²) >= 11 is 3.71. The van der Waals surface area contributed by atoms with Crippen LogP contribution in [0, 0.1) is 17.8 Å². The molecule has 1 unspecified atom stereocenters. The molecule has 0 saturated carbocycles. The number of anilines is 1. The molecule has 80 heavy (non-hydrogen) atoms. The van der Waals surface area contributed by atoms with Gasteiger partial charge in [0.15, 0.2) is 5.60 Å². The Morgan fingerprint density at radius 3 is 2.29 bits per heavy atom. The van der Waals surface area contributed by atoms with Crippen molar-refractivity contribution < 1.29 is 34.1 Å². The highest BCUT2D eigenvalue weighted by atomic mass is 79.9. The molecule has 1 aromatic heterocycles. The highest BCUT2D eigenvalue weighted by Gasteiger charge is 2.71. The minimum absolute atomic E-state index is 0.0912. The van der Waals surface area contributed by atoms with Gasteiger partial charge in [0, 0.05) is 60.6 Å². The van der Waals surface area contributed by atoms with Gasteiger partial charge in [0.05, 0.1) is 11.0 Å². The number of H-pyrrole nitrogens is 1. The number of benzene rings is 3. The third-order valence-electron chi connectivity index (χ3n) is 18.3. The van der Waals surface area contributed by atoms with E-state index in [0.29, 0.717) is 44.1 Å². The second-order valence-corrected chi connectivity index (χ2v) is 25.4. The van der Waals surface area contributed by atoms with E-state index in [-0.39, 0.29) is 36.0 Å². The zero-order valence-electron chi connectivity index (χ0n) is 49.2. The summed E-state index contributed by atoms with van der Waals surface area (Å²) in [7, 11) is 2.05. The number of aromatic amines is 1. The van der Waals surface area contributed by atoms with E-state index in [4.69, 9.17) is 4.74 Å². The number of ketones is 1. The maximum Gasteiger partial charge on any atom is 0.274 e. The average Bonchev–Trinajstić information content (AvgIpc) is 4.42. The molecule has 2 aliphatic carbocycles. The second-order valence-electron chi connectivity index (χ2n) is 24.6. The van der Waals surface area contributed by atoms with Crippen molar-refractivity contribution in [1.82, 2.24) is 29.5 Å². The molecule has 7 atom stereocenters. The molecule has 3 saturated heterocycles. The lowest BCUT2D eigenvalue weighted by molar-refractivity contribution is -0.319. The van der Waals surface area contributed by atoms with E-state index in [2.05, 4.69) is 106 Å². The molecule has 0 spiro atoms. The Hall–Kier alpha value is -4.90. The number of nitrogens with one attached hydrogen (secondary N) is 2. The minimum Gasteiger partial charge on any atom is -0.508 e. The number of aliphatic hydroxyl groups is 1. The smallest absolute Gasteiger partial charge is 0.274 e. The molecular formula is C65H90BrN7O7. The van der Waals surface area contributed by atoms with Crippen LogP contribution in [0.25, 0.3) is 16.5 Å². The molecule has 7 aliphatic rings. The lowest BCUT2D eigenvalue weighted by atomic mass is 9.76. The molecule has 3 fully saturated rings. The van der Waals surface area contributed by atoms with E-state index in [1.165, 1.54) is 96.4 Å². The third kappa shape index (κ3) is 11.7. The molecule has 434 valence electrons. The normalized spacial score (nSPS) is 25.7. The van der Waals surface area contributed by atoms with Gasteiger partial charge in [-0.3, -0.25) is 29.0 Å². The van der Waals surface area contributed by atoms with Crippen LogP contribution in [0.1, 0.15) is 147 Å². The zero-order valence-corrected chi connectivity index (χ0v) is 50.8. The first-order chi connectivity index (χ1) is 38.4. The number of likely N-dealkylation sites (N-methyl/N-ethyl adjacent to an activating group) is 1. The van der Waals surface area contributed by atoms with E-state index in [0.717, 1.165) is 65.6 Å². The fraction of sp³-hybridized carbons (Fsp3) is 0.600. The fourth-order valence-electron chi connectivity index (χ4n) is 14.4. The van der Waals surface area contributed by atoms with Crippen LogP contribution in [0.4, 0.5) is 5.69 Å². The number of nitrogens with zero attached hydrogens (tertiary/aromatic N) is 5. The van der Waals surface area contributed by atoms with Gasteiger partial charge in [0.1, 0.15) is 23.6 Å². The van der Waals surface area contributed by atoms with Gasteiger partial charge in [-0.15, -0.1) is 0 Å². The van der Waals surface area contributed by atoms with Crippen molar-refractivity contribution in [2.75, 3.05) is 58.2 Å². The highest BCUT2D eigenvalue weighted by Crippen LogP contribution is 2.51. The Morgan fingerprint density at radius 2 is 1.59 bits per heavy atom. The molecule has 5 aliphatic heterocycles. The number of hydrogen-bond acceptors (Lipinski definition) is 10. The standard InChI is InChI=1S/C33H41BrN4O5.C16H24N2O.C16H25NO/c1-17(2)12-25-30(40)37-11-7-10-27(37)33(42)38(25)31(41)32(43-33,18(3)4)15-26(39)19-13-21-20-8-6-9-23-28(20)22(29(34)35-23)14-24(21)36(5)16-19;1-3-9-18(10-4-2)11-8-13-6-5-7-15-14(13)12-16(19)17-15;1-3-10-17(11-4-2)14-8-9-15-13(12-14)6-5-7-16(15)18/h6,8-9,13,17-19,24-25,27,35,42H,7,10-12,14-16H2,1-5H3;5-7H,3-4,8-12H2,1-2H3,(H,17,19);5-7,14,18H,3-4,8-12H2,1-2H3/t19-,24-,25+,27+,32-,33+;;/m1../s1. The highest BCUT2D eigenvalue weighted by molar-refractivity contribution is 9.10. The zero-order chi connectivity index (χ0) is 57.2. The number of hydrogen-bond donors (Lipinski definition) is 4. The van der Waals surface area contributed by atoms with Crippen LogP contribution >= 0.6 is 15.9 Å². The van der Waals surface area contributed by atoms with Gasteiger partial charge in [-0.25, -0.2) is 0 Å². The van der Waals surface area contributed by atoms with E-state index >= 15 is 0 Å². The Kier molecular flexibility index (Phi) is 18.9. The van der Waals surface area contributed by atoms with Crippen molar-refractivity contribution >= 4 is 61.6 Å². The van der Waals surface area contributed by atoms with Crippen LogP contribution in [0.5, 0.6) is 5.75 Å². The molecule has 4 aromatic rings. The number of Topliss-reactive ketones (excluding diaryl/α,β-unsaturated/α-hetero) is 1. The summed E-state index contributed by atoms with van der Waals surface area (Å²) in [5, 5.41) is 26.2. The van der Waals surface area contributed by atoms with Crippen LogP contribution in [0.3, 0.4) is 0 Å². The number of aromatic hydroxyl groups is 1. The van der Waals surface area contributed by atoms with Crippen molar-refractivity contribution in [2.24, 2.45) is 17.8 Å². The number of fused-ring (bicyclic) bond motifs is 7. The summed E-state index contributed by atoms with van der Waals surface area (Å²) in [5.74, 6) is -2.71. The average molecular weight is 1160 g/mol. The Labute approximate surface area is 484 Å². The van der Waals surface area contributed by atoms with Crippen molar-refractivity contribution in [3.8, 4) is 5.75 Å². The monoisotopic (exact) mass is 1160 g/mol. The van der Waals surface area contributed by atoms with Gasteiger partial charge in [-0.05, 0) is 195 Å². The molecular weight excluding hydrogens is 1070 g/mol. The molecule has 15 heteroatoms. The van der Waals surface area contributed by atoms with E-state index < -0.39 is 41.3 Å². The number of aromatic nitrogens is 1. The minimum atomic E-state index is -1.95. The molecule has 0 radical (unpaired) electrons. The first kappa shape index (κ1) is 59.7. The summed E-state index contributed by atoms with van der Waals surface area (Å²) in [5.41, 5.74) is 9.11. The van der Waals surface area contributed by atoms with Gasteiger partial charge in [-0.1, -0.05) is 97.9 Å². The van der Waals surface area contributed by atoms with Crippen LogP contribution in [0.2, 0.25) is 0 Å². The molecule has 3 aromatic carbocycles. The number of phenolic OH excluding ortho intramolecular Hbond substituents is 1. The Bertz CT molecular complexity index is 2920. The van der Waals surface area contributed by atoms with Gasteiger partial charge < -0.3 is 40.0 Å². The van der Waals surface area contributed by atoms with Crippen molar-refractivity contribution in [3.05, 3.63) is 98.7 Å². The number of carbonyl (C=O) groups excluding carboxylic acids is 4. The SMILES string of the molecule is CC(C)C[C@H]1C(=O)N2CCC[C@H]2[C@]2(O)O[C@](CC(=O)[C@@H]3C=C4c5cccc6[nH]c(Br)c(c56)C[C@H]4N(C)C3)(C(C)C)C(=O)N12.CCCN(CCC)C1CCc2c(O)cccc2C1.CCCN(CCC)CCc1cccc2c1CC(=O)N2. The lowest BCUT2D eigenvalue weighted by Gasteiger charge is -2.49. The van der Waals surface area contributed by atoms with Gasteiger partial charge in [0.25, 0.3) is 11.8 Å². The number of carbonyl (C=O) groups is 4. The van der Waals surface area contributed by atoms with Gasteiger partial charge in [0.2, 0.25) is 11.8 Å². The number of phenols is 1. The summed E-state index contributed by atoms with van der Waals surface area (Å²) in [6, 6.07) is 17.8. The molecule has 3 amide bonds. The molecule has 11 rings (SSSR count). The predicted octanol–water partition coefficient (Wildman–Crippen LogP) is 10.3. The maximum absolute atomic E-state index is 14.5. The van der Waals surface area contributed by atoms with Gasteiger partial charge >= 0.3 is 0 Å². The Balaban J connectivity index is 0.000000172. The van der Waals surface area contributed by atoms with E-state index in [1.807, 2.05) is 58.0 Å². The molecule has 14 nitrogen and oxygen atoms in total. The lowest BCUT2D eigenvalue weighted by Crippen LogP contribution is -2.71. The summed E-state index contributed by atoms with van der Waals surface area (Å²) in [6.07, 6.45) is 14.2. The second kappa shape index (κ2) is 25.3. The number of amides is 3. The topological polar surface area (TPSA) is 162 Å². The molecule has 6 heterocycles. The van der Waals surface area contributed by atoms with Crippen molar-refractivity contribution in [3.63, 3.8) is 0 Å². The van der Waals surface area contributed by atoms with Crippen LogP contribution in [0.15, 0.2) is 65.3 Å². The number of rotatable bonds is 18. The number of ether oxygens (including phenoxy) is 1. The maximum atomic E-state index is 14.5. The largest absolute Gasteiger partial charge is 0.508 e. The van der Waals surface area contributed by atoms with Crippen LogP contribution < -0.4 is 5.32 Å². The molecule has 0 bridgehead atoms. The number of piperazine rings is 1. The van der Waals surface area contributed by atoms with Crippen LogP contribution in [-0.4, -0.2) is 152 Å². The van der Waals surface area contributed by atoms with Crippen molar-refractivity contribution in [1.29, 1.82) is 0 Å². The number of halogens is 1. The summed E-state index contributed by atoms with van der Waals surface area (Å²) in [4.78, 5) is 67.8. The first-order valence-corrected chi connectivity index (χ1v) is 31.1. The van der Waals surface area contributed by atoms with Crippen LogP contribution in [-0.2, 0) is 56.0 Å². The third-order valence-corrected chi connectivity index (χ3v) is 19.0. The van der Waals surface area contributed by atoms with Crippen molar-refractivity contribution in [2.45, 2.75) is 181 Å². The first-order valence-electron chi connectivity index (χ1n) is 30.3. The summed E-state index contributed by atoms with van der Waals surface area (Å²) < 4.78 is 7.55. The van der Waals surface area contributed by atoms with Gasteiger partial charge in [-0.2, -0.15) is 0 Å². The molecule has 4 N–H and O–H groups in total. The fourth-order valence-corrected chi connectivity index (χ4v) is 14.9. The van der Waals surface area contributed by atoms with E-state index in [1.54, 1.807) is 4.90 Å². The van der Waals surface area contributed by atoms with E-state index in [9.17, 15) is 29.4 Å². The quantitative estimate of drug-likeness (QED) is 0.0755. The predicted molar refractivity (Wildman–Crippen MR) is 321 cm³/mol. The Morgan fingerprint density at radius 1 is 0.875 bits per heavy atom. The summed E-state index contributed by atoms with van der Waals surface area (Å²) in [6.45, 7) is 23.6.